The lowest BCUT2D eigenvalue weighted by atomic mass is 10.2. The Hall–Kier alpha value is -2.11. The highest BCUT2D eigenvalue weighted by atomic mass is 35.5. The molecule has 1 N–H and O–H groups in total. The second kappa shape index (κ2) is 7.06. The molecule has 0 bridgehead atoms. The molecule has 0 unspecified atom stereocenters. The van der Waals surface area contributed by atoms with E-state index < -0.39 is 5.97 Å². The minimum atomic E-state index is -0.485. The number of amides is 1. The van der Waals surface area contributed by atoms with E-state index in [0.29, 0.717) is 15.6 Å². The van der Waals surface area contributed by atoms with Crippen molar-refractivity contribution in [3.8, 4) is 0 Å². The van der Waals surface area contributed by atoms with Gasteiger partial charge in [-0.1, -0.05) is 29.8 Å². The number of methoxy groups -OCH3 is 1. The minimum Gasteiger partial charge on any atom is -0.465 e. The minimum absolute atomic E-state index is 0.335. The molecule has 2 rings (SSSR count). The Morgan fingerprint density at radius 1 is 1.29 bits per heavy atom. The smallest absolute Gasteiger partial charge is 0.340 e. The predicted octanol–water partition coefficient (Wildman–Crippen LogP) is 3.84. The van der Waals surface area contributed by atoms with Crippen molar-refractivity contribution in [2.45, 2.75) is 0 Å². The Balaban J connectivity index is 2.08. The van der Waals surface area contributed by atoms with Gasteiger partial charge in [0.1, 0.15) is 5.00 Å². The number of thiophene rings is 1. The number of nitrogens with one attached hydrogen (secondary N) is 1. The van der Waals surface area contributed by atoms with Crippen molar-refractivity contribution in [3.05, 3.63) is 57.9 Å². The van der Waals surface area contributed by atoms with E-state index >= 15 is 0 Å². The number of benzene rings is 1. The standard InChI is InChI=1S/C15H12ClNO3S/c1-20-15(19)11-8-9-21-14(11)17-13(18)7-6-10-4-2-3-5-12(10)16/h2-9H,1H3,(H,17,18)/b7-6+. The molecule has 0 aliphatic heterocycles. The van der Waals surface area contributed by atoms with E-state index in [1.165, 1.54) is 24.5 Å². The fraction of sp³-hybridized carbons (Fsp3) is 0.0667. The van der Waals surface area contributed by atoms with Gasteiger partial charge in [-0.05, 0) is 29.2 Å². The molecule has 4 nitrogen and oxygen atoms in total. The Morgan fingerprint density at radius 3 is 2.76 bits per heavy atom. The number of ether oxygens (including phenoxy) is 1. The molecule has 1 aromatic carbocycles. The molecule has 0 aliphatic carbocycles. The second-order valence-electron chi connectivity index (χ2n) is 4.00. The molecule has 1 amide bonds. The van der Waals surface area contributed by atoms with E-state index in [1.54, 1.807) is 29.7 Å². The number of carbonyl (C=O) groups excluding carboxylic acids is 2. The van der Waals surface area contributed by atoms with Gasteiger partial charge in [-0.25, -0.2) is 4.79 Å². The Kier molecular flexibility index (Phi) is 5.14. The van der Waals surface area contributed by atoms with Crippen molar-refractivity contribution in [2.75, 3.05) is 12.4 Å². The Morgan fingerprint density at radius 2 is 2.05 bits per heavy atom. The van der Waals surface area contributed by atoms with Crippen LogP contribution in [0.5, 0.6) is 0 Å². The van der Waals surface area contributed by atoms with Crippen LogP contribution in [0.15, 0.2) is 41.8 Å². The fourth-order valence-electron chi connectivity index (χ4n) is 1.61. The van der Waals surface area contributed by atoms with Gasteiger partial charge >= 0.3 is 5.97 Å². The summed E-state index contributed by atoms with van der Waals surface area (Å²) in [6.45, 7) is 0. The molecule has 1 heterocycles. The SMILES string of the molecule is COC(=O)c1ccsc1NC(=O)/C=C/c1ccccc1Cl. The largest absolute Gasteiger partial charge is 0.465 e. The zero-order valence-corrected chi connectivity index (χ0v) is 12.7. The second-order valence-corrected chi connectivity index (χ2v) is 5.32. The average molecular weight is 322 g/mol. The molecule has 0 radical (unpaired) electrons. The maximum atomic E-state index is 11.9. The third-order valence-corrected chi connectivity index (χ3v) is 3.80. The number of hydrogen-bond donors (Lipinski definition) is 1. The molecule has 1 aromatic heterocycles. The highest BCUT2D eigenvalue weighted by molar-refractivity contribution is 7.14. The molecule has 0 fully saturated rings. The van der Waals surface area contributed by atoms with Crippen LogP contribution in [-0.4, -0.2) is 19.0 Å². The monoisotopic (exact) mass is 321 g/mol. The van der Waals surface area contributed by atoms with Gasteiger partial charge in [-0.2, -0.15) is 0 Å². The number of halogens is 1. The van der Waals surface area contributed by atoms with Crippen LogP contribution in [0.1, 0.15) is 15.9 Å². The van der Waals surface area contributed by atoms with Gasteiger partial charge < -0.3 is 10.1 Å². The molecule has 108 valence electrons. The molecule has 0 saturated carbocycles. The molecule has 2 aromatic rings. The maximum absolute atomic E-state index is 11.9. The van der Waals surface area contributed by atoms with Gasteiger partial charge in [0.15, 0.2) is 0 Å². The first-order valence-electron chi connectivity index (χ1n) is 6.01. The molecule has 0 aliphatic rings. The van der Waals surface area contributed by atoms with Crippen LogP contribution < -0.4 is 5.32 Å². The summed E-state index contributed by atoms with van der Waals surface area (Å²) in [5, 5.41) is 5.37. The maximum Gasteiger partial charge on any atom is 0.340 e. The van der Waals surface area contributed by atoms with Crippen molar-refractivity contribution in [2.24, 2.45) is 0 Å². The number of hydrogen-bond acceptors (Lipinski definition) is 4. The summed E-state index contributed by atoms with van der Waals surface area (Å²) < 4.78 is 4.64. The van der Waals surface area contributed by atoms with E-state index in [2.05, 4.69) is 10.1 Å². The van der Waals surface area contributed by atoms with Crippen LogP contribution >= 0.6 is 22.9 Å². The van der Waals surface area contributed by atoms with Crippen LogP contribution in [0.2, 0.25) is 5.02 Å². The highest BCUT2D eigenvalue weighted by Crippen LogP contribution is 2.24. The van der Waals surface area contributed by atoms with Crippen LogP contribution in [0.4, 0.5) is 5.00 Å². The van der Waals surface area contributed by atoms with Crippen molar-refractivity contribution in [3.63, 3.8) is 0 Å². The first-order valence-corrected chi connectivity index (χ1v) is 7.27. The van der Waals surface area contributed by atoms with Gasteiger partial charge in [-0.3, -0.25) is 4.79 Å². The average Bonchev–Trinajstić information content (AvgIpc) is 2.93. The van der Waals surface area contributed by atoms with Crippen LogP contribution in [0.3, 0.4) is 0 Å². The molecular weight excluding hydrogens is 310 g/mol. The Bertz CT molecular complexity index is 694. The van der Waals surface area contributed by atoms with Crippen LogP contribution in [0.25, 0.3) is 6.08 Å². The fourth-order valence-corrected chi connectivity index (χ4v) is 2.58. The number of rotatable bonds is 4. The topological polar surface area (TPSA) is 55.4 Å². The molecular formula is C15H12ClNO3S. The lowest BCUT2D eigenvalue weighted by Crippen LogP contribution is -2.10. The van der Waals surface area contributed by atoms with Crippen LogP contribution in [-0.2, 0) is 9.53 Å². The summed E-state index contributed by atoms with van der Waals surface area (Å²) in [6, 6.07) is 8.79. The molecule has 0 saturated heterocycles. The molecule has 0 spiro atoms. The van der Waals surface area contributed by atoms with Gasteiger partial charge in [-0.15, -0.1) is 11.3 Å². The van der Waals surface area contributed by atoms with E-state index in [1.807, 2.05) is 12.1 Å². The summed E-state index contributed by atoms with van der Waals surface area (Å²) in [5.74, 6) is -0.829. The quantitative estimate of drug-likeness (QED) is 0.687. The lowest BCUT2D eigenvalue weighted by molar-refractivity contribution is -0.111. The lowest BCUT2D eigenvalue weighted by Gasteiger charge is -2.02. The summed E-state index contributed by atoms with van der Waals surface area (Å²) in [4.78, 5) is 23.4. The number of anilines is 1. The van der Waals surface area contributed by atoms with E-state index in [4.69, 9.17) is 11.6 Å². The van der Waals surface area contributed by atoms with E-state index in [9.17, 15) is 9.59 Å². The van der Waals surface area contributed by atoms with Gasteiger partial charge in [0.25, 0.3) is 0 Å². The zero-order valence-electron chi connectivity index (χ0n) is 11.1. The summed E-state index contributed by atoms with van der Waals surface area (Å²) in [7, 11) is 1.29. The van der Waals surface area contributed by atoms with Gasteiger partial charge in [0.2, 0.25) is 5.91 Å². The van der Waals surface area contributed by atoms with Gasteiger partial charge in [0.05, 0.1) is 12.7 Å². The van der Waals surface area contributed by atoms with E-state index in [-0.39, 0.29) is 5.91 Å². The summed E-state index contributed by atoms with van der Waals surface area (Å²) >= 11 is 7.25. The first-order chi connectivity index (χ1) is 10.1. The van der Waals surface area contributed by atoms with E-state index in [0.717, 1.165) is 5.56 Å². The Labute approximate surface area is 131 Å². The molecule has 6 heteroatoms. The van der Waals surface area contributed by atoms with Crippen molar-refractivity contribution < 1.29 is 14.3 Å². The predicted molar refractivity (Wildman–Crippen MR) is 84.8 cm³/mol. The summed E-state index contributed by atoms with van der Waals surface area (Å²) in [6.07, 6.45) is 2.98. The summed E-state index contributed by atoms with van der Waals surface area (Å²) in [5.41, 5.74) is 1.08. The number of esters is 1. The number of carbonyl (C=O) groups is 2. The third-order valence-electron chi connectivity index (χ3n) is 2.63. The molecule has 0 atom stereocenters. The molecule has 21 heavy (non-hydrogen) atoms. The third kappa shape index (κ3) is 3.93. The van der Waals surface area contributed by atoms with Crippen molar-refractivity contribution in [1.29, 1.82) is 0 Å². The normalized spacial score (nSPS) is 10.6. The zero-order chi connectivity index (χ0) is 15.2. The van der Waals surface area contributed by atoms with Crippen molar-refractivity contribution >= 4 is 45.9 Å². The van der Waals surface area contributed by atoms with Crippen LogP contribution in [0, 0.1) is 0 Å². The first kappa shape index (κ1) is 15.3. The highest BCUT2D eigenvalue weighted by Gasteiger charge is 2.14. The van der Waals surface area contributed by atoms with Crippen molar-refractivity contribution in [1.82, 2.24) is 0 Å². The van der Waals surface area contributed by atoms with Gasteiger partial charge in [0, 0.05) is 11.1 Å².